The molecule has 178 valence electrons. The summed E-state index contributed by atoms with van der Waals surface area (Å²) < 4.78 is 12.0. The first-order chi connectivity index (χ1) is 17.0. The highest BCUT2D eigenvalue weighted by atomic mass is 35.5. The number of hydrogen-bond donors (Lipinski definition) is 1. The van der Waals surface area contributed by atoms with E-state index < -0.39 is 5.91 Å². The molecule has 0 spiro atoms. The summed E-state index contributed by atoms with van der Waals surface area (Å²) in [5, 5.41) is 13.0. The predicted molar refractivity (Wildman–Crippen MR) is 141 cm³/mol. The average Bonchev–Trinajstić information content (AvgIpc) is 2.86. The van der Waals surface area contributed by atoms with Gasteiger partial charge in [0.05, 0.1) is 6.61 Å². The molecule has 0 fully saturated rings. The van der Waals surface area contributed by atoms with Gasteiger partial charge in [-0.2, -0.15) is 5.26 Å². The van der Waals surface area contributed by atoms with Crippen LogP contribution in [-0.4, -0.2) is 12.5 Å². The fourth-order valence-electron chi connectivity index (χ4n) is 3.48. The summed E-state index contributed by atoms with van der Waals surface area (Å²) >= 11 is 6.15. The molecule has 0 saturated carbocycles. The number of amides is 1. The molecule has 3 aromatic carbocycles. The average molecular weight is 487 g/mol. The Hall–Kier alpha value is -4.01. The number of ether oxygens (including phenoxy) is 2. The Morgan fingerprint density at radius 1 is 1.14 bits per heavy atom. The number of allylic oxidation sites excluding steroid dienone is 1. The highest BCUT2D eigenvalue weighted by Crippen LogP contribution is 2.35. The molecule has 3 rings (SSSR count). The van der Waals surface area contributed by atoms with Crippen LogP contribution in [0.5, 0.6) is 11.5 Å². The van der Waals surface area contributed by atoms with Crippen LogP contribution in [0.4, 0.5) is 5.69 Å². The van der Waals surface area contributed by atoms with Crippen LogP contribution >= 0.6 is 11.6 Å². The van der Waals surface area contributed by atoms with Crippen molar-refractivity contribution in [3.8, 4) is 17.6 Å². The van der Waals surface area contributed by atoms with Crippen LogP contribution in [0.2, 0.25) is 5.02 Å². The van der Waals surface area contributed by atoms with Gasteiger partial charge in [0.25, 0.3) is 5.91 Å². The molecule has 5 nitrogen and oxygen atoms in total. The third-order valence-corrected chi connectivity index (χ3v) is 5.65. The fourth-order valence-corrected chi connectivity index (χ4v) is 3.65. The Kier molecular flexibility index (Phi) is 9.11. The quantitative estimate of drug-likeness (QED) is 0.192. The second-order valence-corrected chi connectivity index (χ2v) is 8.15. The largest absolute Gasteiger partial charge is 0.490 e. The molecule has 0 bridgehead atoms. The van der Waals surface area contributed by atoms with E-state index in [1.54, 1.807) is 37.3 Å². The highest BCUT2D eigenvalue weighted by Gasteiger charge is 2.16. The van der Waals surface area contributed by atoms with E-state index in [-0.39, 0.29) is 5.57 Å². The number of nitriles is 1. The molecular formula is C29H27ClN2O3. The maximum Gasteiger partial charge on any atom is 0.266 e. The van der Waals surface area contributed by atoms with Crippen molar-refractivity contribution in [1.29, 1.82) is 5.26 Å². The summed E-state index contributed by atoms with van der Waals surface area (Å²) in [5.41, 5.74) is 3.75. The Balaban J connectivity index is 1.94. The number of nitrogens with one attached hydrogen (secondary N) is 1. The van der Waals surface area contributed by atoms with Crippen molar-refractivity contribution in [1.82, 2.24) is 0 Å². The molecule has 0 saturated heterocycles. The summed E-state index contributed by atoms with van der Waals surface area (Å²) in [6.07, 6.45) is 3.83. The third kappa shape index (κ3) is 6.75. The minimum Gasteiger partial charge on any atom is -0.490 e. The number of carbonyl (C=O) groups is 1. The number of rotatable bonds is 10. The Morgan fingerprint density at radius 3 is 2.60 bits per heavy atom. The molecule has 0 unspecified atom stereocenters. The molecule has 1 N–H and O–H groups in total. The fraction of sp³-hybridized carbons (Fsp3) is 0.172. The lowest BCUT2D eigenvalue weighted by Gasteiger charge is -2.17. The highest BCUT2D eigenvalue weighted by molar-refractivity contribution is 6.31. The van der Waals surface area contributed by atoms with E-state index >= 15 is 0 Å². The van der Waals surface area contributed by atoms with E-state index in [1.807, 2.05) is 49.4 Å². The summed E-state index contributed by atoms with van der Waals surface area (Å²) in [7, 11) is 0. The molecule has 0 radical (unpaired) electrons. The van der Waals surface area contributed by atoms with Gasteiger partial charge in [-0.3, -0.25) is 4.79 Å². The Bertz CT molecular complexity index is 1280. The normalized spacial score (nSPS) is 10.9. The van der Waals surface area contributed by atoms with E-state index in [0.717, 1.165) is 16.7 Å². The zero-order chi connectivity index (χ0) is 25.2. The molecule has 3 aromatic rings. The molecule has 35 heavy (non-hydrogen) atoms. The topological polar surface area (TPSA) is 71.4 Å². The first kappa shape index (κ1) is 25.6. The standard InChI is InChI=1S/C29H27ClN2O3/c1-4-10-23-15-22(16-24(18-31)29(33)32-26-14-9-13-25(30)20(26)3)17-27(34-5-2)28(23)35-19-21-11-7-6-8-12-21/h4,6-9,11-17H,1,5,10,19H2,2-3H3,(H,32,33)/b24-16+. The van der Waals surface area contributed by atoms with E-state index in [2.05, 4.69) is 11.9 Å². The second kappa shape index (κ2) is 12.5. The summed E-state index contributed by atoms with van der Waals surface area (Å²) in [6.45, 7) is 8.35. The molecule has 6 heteroatoms. The lowest BCUT2D eigenvalue weighted by molar-refractivity contribution is -0.112. The molecular weight excluding hydrogens is 460 g/mol. The van der Waals surface area contributed by atoms with Gasteiger partial charge in [-0.05, 0) is 67.3 Å². The first-order valence-corrected chi connectivity index (χ1v) is 11.6. The molecule has 0 aliphatic rings. The van der Waals surface area contributed by atoms with Crippen LogP contribution < -0.4 is 14.8 Å². The number of nitrogens with zero attached hydrogens (tertiary/aromatic N) is 1. The number of carbonyl (C=O) groups excluding carboxylic acids is 1. The van der Waals surface area contributed by atoms with Crippen LogP contribution in [0, 0.1) is 18.3 Å². The van der Waals surface area contributed by atoms with Gasteiger partial charge >= 0.3 is 0 Å². The first-order valence-electron chi connectivity index (χ1n) is 11.2. The van der Waals surface area contributed by atoms with E-state index in [1.165, 1.54) is 6.08 Å². The third-order valence-electron chi connectivity index (χ3n) is 5.24. The van der Waals surface area contributed by atoms with Gasteiger partial charge < -0.3 is 14.8 Å². The maximum atomic E-state index is 12.8. The zero-order valence-electron chi connectivity index (χ0n) is 19.8. The number of hydrogen-bond acceptors (Lipinski definition) is 4. The minimum absolute atomic E-state index is 0.0469. The minimum atomic E-state index is -0.523. The summed E-state index contributed by atoms with van der Waals surface area (Å²) in [6, 6.07) is 20.7. The molecule has 0 atom stereocenters. The van der Waals surface area contributed by atoms with Gasteiger partial charge in [0.1, 0.15) is 18.2 Å². The maximum absolute atomic E-state index is 12.8. The Morgan fingerprint density at radius 2 is 1.91 bits per heavy atom. The van der Waals surface area contributed by atoms with Gasteiger partial charge in [-0.15, -0.1) is 6.58 Å². The van der Waals surface area contributed by atoms with Gasteiger partial charge in [-0.25, -0.2) is 0 Å². The van der Waals surface area contributed by atoms with Crippen molar-refractivity contribution >= 4 is 29.3 Å². The summed E-state index contributed by atoms with van der Waals surface area (Å²) in [4.78, 5) is 12.8. The van der Waals surface area contributed by atoms with Gasteiger partial charge in [0.15, 0.2) is 11.5 Å². The lowest BCUT2D eigenvalue weighted by atomic mass is 10.0. The SMILES string of the molecule is C=CCc1cc(/C=C(\C#N)C(=O)Nc2cccc(Cl)c2C)cc(OCC)c1OCc1ccccc1. The van der Waals surface area contributed by atoms with Crippen molar-refractivity contribution in [3.05, 3.63) is 106 Å². The van der Waals surface area contributed by atoms with Crippen molar-refractivity contribution in [3.63, 3.8) is 0 Å². The van der Waals surface area contributed by atoms with Crippen LogP contribution in [-0.2, 0) is 17.8 Å². The lowest BCUT2D eigenvalue weighted by Crippen LogP contribution is -2.14. The van der Waals surface area contributed by atoms with Crippen LogP contribution in [0.25, 0.3) is 6.08 Å². The molecule has 0 aliphatic heterocycles. The van der Waals surface area contributed by atoms with Crippen molar-refractivity contribution in [2.75, 3.05) is 11.9 Å². The van der Waals surface area contributed by atoms with Crippen molar-refractivity contribution in [2.24, 2.45) is 0 Å². The number of halogens is 1. The van der Waals surface area contributed by atoms with Gasteiger partial charge in [0.2, 0.25) is 0 Å². The molecule has 1 amide bonds. The second-order valence-electron chi connectivity index (χ2n) is 7.74. The predicted octanol–water partition coefficient (Wildman–Crippen LogP) is 6.90. The number of benzene rings is 3. The number of anilines is 1. The van der Waals surface area contributed by atoms with Crippen molar-refractivity contribution in [2.45, 2.75) is 26.9 Å². The van der Waals surface area contributed by atoms with Crippen LogP contribution in [0.1, 0.15) is 29.2 Å². The Labute approximate surface area is 211 Å². The van der Waals surface area contributed by atoms with Gasteiger partial charge in [-0.1, -0.05) is 54.1 Å². The monoisotopic (exact) mass is 486 g/mol. The van der Waals surface area contributed by atoms with E-state index in [9.17, 15) is 10.1 Å². The van der Waals surface area contributed by atoms with Gasteiger partial charge in [0, 0.05) is 16.3 Å². The van der Waals surface area contributed by atoms with E-state index in [4.69, 9.17) is 21.1 Å². The molecule has 0 heterocycles. The van der Waals surface area contributed by atoms with Crippen molar-refractivity contribution < 1.29 is 14.3 Å². The smallest absolute Gasteiger partial charge is 0.266 e. The molecule has 0 aliphatic carbocycles. The van der Waals surface area contributed by atoms with Crippen LogP contribution in [0.3, 0.4) is 0 Å². The van der Waals surface area contributed by atoms with E-state index in [0.29, 0.717) is 47.4 Å². The van der Waals surface area contributed by atoms with Crippen LogP contribution in [0.15, 0.2) is 78.9 Å². The molecule has 0 aromatic heterocycles. The summed E-state index contributed by atoms with van der Waals surface area (Å²) in [5.74, 6) is 0.633. The zero-order valence-corrected chi connectivity index (χ0v) is 20.6.